The zero-order chi connectivity index (χ0) is 17.5. The summed E-state index contributed by atoms with van der Waals surface area (Å²) in [6, 6.07) is 9.92. The molecule has 2 aromatic rings. The molecule has 0 saturated heterocycles. The summed E-state index contributed by atoms with van der Waals surface area (Å²) in [4.78, 5) is 12.2. The minimum absolute atomic E-state index is 0.0527. The SMILES string of the molecule is CCOc1cc(/C=N\NC(=O)c2cc(Br)ccc2OC)ccc1O. The summed E-state index contributed by atoms with van der Waals surface area (Å²) in [5, 5.41) is 13.6. The first-order valence-electron chi connectivity index (χ1n) is 7.18. The smallest absolute Gasteiger partial charge is 0.275 e. The molecule has 1 amide bonds. The van der Waals surface area contributed by atoms with Crippen molar-refractivity contribution in [2.75, 3.05) is 13.7 Å². The van der Waals surface area contributed by atoms with Crippen molar-refractivity contribution in [2.24, 2.45) is 5.10 Å². The number of hydrazone groups is 1. The Morgan fingerprint density at radius 1 is 1.29 bits per heavy atom. The molecule has 24 heavy (non-hydrogen) atoms. The monoisotopic (exact) mass is 392 g/mol. The van der Waals surface area contributed by atoms with Gasteiger partial charge in [-0.05, 0) is 48.9 Å². The summed E-state index contributed by atoms with van der Waals surface area (Å²) in [5.74, 6) is 0.473. The van der Waals surface area contributed by atoms with Crippen molar-refractivity contribution in [1.29, 1.82) is 0 Å². The third kappa shape index (κ3) is 4.48. The van der Waals surface area contributed by atoms with E-state index in [-0.39, 0.29) is 5.75 Å². The van der Waals surface area contributed by atoms with E-state index < -0.39 is 5.91 Å². The first-order chi connectivity index (χ1) is 11.5. The van der Waals surface area contributed by atoms with Crippen molar-refractivity contribution in [1.82, 2.24) is 5.43 Å². The molecule has 0 radical (unpaired) electrons. The number of methoxy groups -OCH3 is 1. The summed E-state index contributed by atoms with van der Waals surface area (Å²) < 4.78 is 11.2. The third-order valence-corrected chi connectivity index (χ3v) is 3.56. The van der Waals surface area contributed by atoms with Gasteiger partial charge in [0.2, 0.25) is 0 Å². The third-order valence-electron chi connectivity index (χ3n) is 3.07. The van der Waals surface area contributed by atoms with Crippen molar-refractivity contribution in [3.63, 3.8) is 0 Å². The van der Waals surface area contributed by atoms with Crippen LogP contribution in [0, 0.1) is 0 Å². The fourth-order valence-corrected chi connectivity index (χ4v) is 2.33. The molecule has 2 aromatic carbocycles. The van der Waals surface area contributed by atoms with Crippen LogP contribution in [0.5, 0.6) is 17.2 Å². The Labute approximate surface area is 148 Å². The van der Waals surface area contributed by atoms with Crippen LogP contribution in [0.25, 0.3) is 0 Å². The van der Waals surface area contributed by atoms with E-state index in [0.717, 1.165) is 4.47 Å². The lowest BCUT2D eigenvalue weighted by molar-refractivity contribution is 0.0952. The van der Waals surface area contributed by atoms with Crippen LogP contribution in [0.2, 0.25) is 0 Å². The molecule has 0 aliphatic heterocycles. The van der Waals surface area contributed by atoms with Crippen LogP contribution in [0.15, 0.2) is 46.0 Å². The van der Waals surface area contributed by atoms with Crippen molar-refractivity contribution in [3.05, 3.63) is 52.0 Å². The Balaban J connectivity index is 2.10. The molecule has 6 nitrogen and oxygen atoms in total. The molecular formula is C17H17BrN2O4. The van der Waals surface area contributed by atoms with Gasteiger partial charge in [-0.15, -0.1) is 0 Å². The first-order valence-corrected chi connectivity index (χ1v) is 7.97. The molecule has 0 aliphatic rings. The Kier molecular flexibility index (Phi) is 6.20. The van der Waals surface area contributed by atoms with E-state index in [2.05, 4.69) is 26.5 Å². The summed E-state index contributed by atoms with van der Waals surface area (Å²) in [6.07, 6.45) is 1.46. The highest BCUT2D eigenvalue weighted by Crippen LogP contribution is 2.26. The van der Waals surface area contributed by atoms with Gasteiger partial charge in [0.1, 0.15) is 5.75 Å². The molecule has 0 bridgehead atoms. The number of aromatic hydroxyl groups is 1. The molecule has 0 heterocycles. The standard InChI is InChI=1S/C17H17BrN2O4/c1-3-24-16-8-11(4-6-14(16)21)10-19-20-17(22)13-9-12(18)5-7-15(13)23-2/h4-10,21H,3H2,1-2H3,(H,20,22)/b19-10-. The summed E-state index contributed by atoms with van der Waals surface area (Å²) in [5.41, 5.74) is 3.49. The number of amides is 1. The fraction of sp³-hybridized carbons (Fsp3) is 0.176. The van der Waals surface area contributed by atoms with E-state index in [1.165, 1.54) is 19.4 Å². The number of phenolic OH excluding ortho intramolecular Hbond substituents is 1. The number of halogens is 1. The predicted molar refractivity (Wildman–Crippen MR) is 95.0 cm³/mol. The molecule has 0 aromatic heterocycles. The van der Waals surface area contributed by atoms with Crippen LogP contribution in [-0.4, -0.2) is 30.9 Å². The second kappa shape index (κ2) is 8.35. The maximum atomic E-state index is 12.2. The number of carbonyl (C=O) groups excluding carboxylic acids is 1. The number of hydrogen-bond acceptors (Lipinski definition) is 5. The first kappa shape index (κ1) is 17.8. The number of phenols is 1. The van der Waals surface area contributed by atoms with Crippen molar-refractivity contribution >= 4 is 28.1 Å². The van der Waals surface area contributed by atoms with E-state index in [0.29, 0.717) is 29.2 Å². The van der Waals surface area contributed by atoms with Crippen LogP contribution in [0.1, 0.15) is 22.8 Å². The van der Waals surface area contributed by atoms with E-state index >= 15 is 0 Å². The second-order valence-electron chi connectivity index (χ2n) is 4.70. The molecule has 2 rings (SSSR count). The summed E-state index contributed by atoms with van der Waals surface area (Å²) in [7, 11) is 1.50. The van der Waals surface area contributed by atoms with Gasteiger partial charge in [0.15, 0.2) is 11.5 Å². The highest BCUT2D eigenvalue weighted by Gasteiger charge is 2.12. The minimum Gasteiger partial charge on any atom is -0.504 e. The number of nitrogens with one attached hydrogen (secondary N) is 1. The van der Waals surface area contributed by atoms with Crippen molar-refractivity contribution < 1.29 is 19.4 Å². The average Bonchev–Trinajstić information content (AvgIpc) is 2.57. The lowest BCUT2D eigenvalue weighted by Gasteiger charge is -2.07. The molecular weight excluding hydrogens is 376 g/mol. The van der Waals surface area contributed by atoms with Crippen LogP contribution < -0.4 is 14.9 Å². The summed E-state index contributed by atoms with van der Waals surface area (Å²) >= 11 is 3.32. The van der Waals surface area contributed by atoms with E-state index in [1.54, 1.807) is 30.3 Å². The van der Waals surface area contributed by atoms with E-state index in [4.69, 9.17) is 9.47 Å². The molecule has 0 atom stereocenters. The zero-order valence-corrected chi connectivity index (χ0v) is 14.8. The predicted octanol–water partition coefficient (Wildman–Crippen LogP) is 3.33. The van der Waals surface area contributed by atoms with Crippen LogP contribution in [0.3, 0.4) is 0 Å². The topological polar surface area (TPSA) is 80.2 Å². The van der Waals surface area contributed by atoms with E-state index in [9.17, 15) is 9.90 Å². The Bertz CT molecular complexity index is 762. The highest BCUT2D eigenvalue weighted by atomic mass is 79.9. The lowest BCUT2D eigenvalue weighted by Crippen LogP contribution is -2.18. The Morgan fingerprint density at radius 2 is 2.08 bits per heavy atom. The Morgan fingerprint density at radius 3 is 2.79 bits per heavy atom. The second-order valence-corrected chi connectivity index (χ2v) is 5.62. The van der Waals surface area contributed by atoms with Crippen molar-refractivity contribution in [2.45, 2.75) is 6.92 Å². The van der Waals surface area contributed by atoms with Gasteiger partial charge < -0.3 is 14.6 Å². The van der Waals surface area contributed by atoms with Gasteiger partial charge in [-0.3, -0.25) is 4.79 Å². The number of hydrogen-bond donors (Lipinski definition) is 2. The maximum absolute atomic E-state index is 12.2. The van der Waals surface area contributed by atoms with Gasteiger partial charge in [-0.25, -0.2) is 5.43 Å². The van der Waals surface area contributed by atoms with Crippen molar-refractivity contribution in [3.8, 4) is 17.2 Å². The average molecular weight is 393 g/mol. The number of benzene rings is 2. The number of carbonyl (C=O) groups is 1. The zero-order valence-electron chi connectivity index (χ0n) is 13.2. The quantitative estimate of drug-likeness (QED) is 0.583. The van der Waals surface area contributed by atoms with Crippen LogP contribution in [0.4, 0.5) is 0 Å². The van der Waals surface area contributed by atoms with Gasteiger partial charge in [-0.2, -0.15) is 5.10 Å². The molecule has 0 spiro atoms. The van der Waals surface area contributed by atoms with Gasteiger partial charge in [0, 0.05) is 4.47 Å². The highest BCUT2D eigenvalue weighted by molar-refractivity contribution is 9.10. The van der Waals surface area contributed by atoms with Gasteiger partial charge in [-0.1, -0.05) is 15.9 Å². The van der Waals surface area contributed by atoms with E-state index in [1.807, 2.05) is 6.92 Å². The number of rotatable bonds is 6. The normalized spacial score (nSPS) is 10.6. The van der Waals surface area contributed by atoms with Crippen LogP contribution >= 0.6 is 15.9 Å². The minimum atomic E-state index is -0.395. The molecule has 2 N–H and O–H groups in total. The molecule has 0 unspecified atom stereocenters. The lowest BCUT2D eigenvalue weighted by atomic mass is 10.2. The van der Waals surface area contributed by atoms with Gasteiger partial charge >= 0.3 is 0 Å². The Hall–Kier alpha value is -2.54. The molecule has 0 aliphatic carbocycles. The summed E-state index contributed by atoms with van der Waals surface area (Å²) in [6.45, 7) is 2.26. The van der Waals surface area contributed by atoms with Gasteiger partial charge in [0.25, 0.3) is 5.91 Å². The molecule has 0 saturated carbocycles. The molecule has 0 fully saturated rings. The fourth-order valence-electron chi connectivity index (χ4n) is 1.97. The largest absolute Gasteiger partial charge is 0.504 e. The van der Waals surface area contributed by atoms with Gasteiger partial charge in [0.05, 0.1) is 25.5 Å². The number of ether oxygens (including phenoxy) is 2. The molecule has 7 heteroatoms. The molecule has 126 valence electrons. The number of nitrogens with zero attached hydrogens (tertiary/aromatic N) is 1. The maximum Gasteiger partial charge on any atom is 0.275 e. The van der Waals surface area contributed by atoms with Crippen LogP contribution in [-0.2, 0) is 0 Å².